The van der Waals surface area contributed by atoms with Crippen LogP contribution in [-0.2, 0) is 16.4 Å². The Morgan fingerprint density at radius 1 is 1.20 bits per heavy atom. The van der Waals surface area contributed by atoms with Gasteiger partial charge in [0.05, 0.1) is 17.7 Å². The number of hydrogen-bond acceptors (Lipinski definition) is 4. The third kappa shape index (κ3) is 3.26. The predicted octanol–water partition coefficient (Wildman–Crippen LogP) is 3.29. The summed E-state index contributed by atoms with van der Waals surface area (Å²) in [5.41, 5.74) is 2.01. The maximum Gasteiger partial charge on any atom is 0.264 e. The van der Waals surface area contributed by atoms with Gasteiger partial charge >= 0.3 is 0 Å². The molecule has 2 aromatic carbocycles. The van der Waals surface area contributed by atoms with E-state index in [1.807, 2.05) is 13.0 Å². The molecule has 1 unspecified atom stereocenters. The number of ketones is 1. The van der Waals surface area contributed by atoms with Gasteiger partial charge in [0.2, 0.25) is 0 Å². The van der Waals surface area contributed by atoms with E-state index in [1.54, 1.807) is 31.4 Å². The van der Waals surface area contributed by atoms with Crippen LogP contribution in [0.5, 0.6) is 5.75 Å². The first kappa shape index (κ1) is 17.5. The minimum Gasteiger partial charge on any atom is -0.497 e. The monoisotopic (exact) mass is 359 g/mol. The van der Waals surface area contributed by atoms with Gasteiger partial charge in [-0.05, 0) is 55.2 Å². The van der Waals surface area contributed by atoms with Crippen molar-refractivity contribution in [2.75, 3.05) is 18.0 Å². The minimum absolute atomic E-state index is 0.135. The summed E-state index contributed by atoms with van der Waals surface area (Å²) in [7, 11) is -2.15. The van der Waals surface area contributed by atoms with Crippen LogP contribution >= 0.6 is 0 Å². The van der Waals surface area contributed by atoms with E-state index in [2.05, 4.69) is 0 Å². The maximum absolute atomic E-state index is 13.2. The lowest BCUT2D eigenvalue weighted by atomic mass is 9.95. The zero-order valence-electron chi connectivity index (χ0n) is 14.5. The summed E-state index contributed by atoms with van der Waals surface area (Å²) < 4.78 is 33.1. The average molecular weight is 359 g/mol. The minimum atomic E-state index is -3.74. The normalized spacial score (nSPS) is 17.1. The van der Waals surface area contributed by atoms with Crippen LogP contribution in [0.4, 0.5) is 5.69 Å². The van der Waals surface area contributed by atoms with Crippen LogP contribution in [0, 0.1) is 5.92 Å². The molecule has 0 N–H and O–H groups in total. The number of methoxy groups -OCH3 is 1. The first-order valence-electron chi connectivity index (χ1n) is 8.13. The summed E-state index contributed by atoms with van der Waals surface area (Å²) >= 11 is 0. The Balaban J connectivity index is 2.09. The first-order chi connectivity index (χ1) is 11.8. The zero-order chi connectivity index (χ0) is 18.2. The quantitative estimate of drug-likeness (QED) is 0.786. The van der Waals surface area contributed by atoms with Crippen molar-refractivity contribution in [3.05, 3.63) is 53.6 Å². The lowest BCUT2D eigenvalue weighted by molar-refractivity contribution is 0.101. The largest absolute Gasteiger partial charge is 0.497 e. The molecular weight excluding hydrogens is 338 g/mol. The van der Waals surface area contributed by atoms with E-state index >= 15 is 0 Å². The highest BCUT2D eigenvalue weighted by atomic mass is 32.2. The Bertz CT molecular complexity index is 921. The Morgan fingerprint density at radius 2 is 1.96 bits per heavy atom. The maximum atomic E-state index is 13.2. The number of Topliss-reactive ketones (excluding diaryl/α,β-unsaturated/α-hetero) is 1. The van der Waals surface area contributed by atoms with Gasteiger partial charge in [-0.1, -0.05) is 19.1 Å². The van der Waals surface area contributed by atoms with Gasteiger partial charge in [0.25, 0.3) is 10.0 Å². The highest BCUT2D eigenvalue weighted by molar-refractivity contribution is 7.92. The number of sulfonamides is 1. The third-order valence-corrected chi connectivity index (χ3v) is 6.21. The summed E-state index contributed by atoms with van der Waals surface area (Å²) in [6.45, 7) is 3.86. The van der Waals surface area contributed by atoms with Gasteiger partial charge < -0.3 is 4.74 Å². The predicted molar refractivity (Wildman–Crippen MR) is 96.8 cm³/mol. The summed E-state index contributed by atoms with van der Waals surface area (Å²) in [4.78, 5) is 11.7. The molecule has 132 valence electrons. The molecule has 1 atom stereocenters. The molecule has 0 radical (unpaired) electrons. The Labute approximate surface area is 148 Å². The molecule has 0 aromatic heterocycles. The van der Waals surface area contributed by atoms with E-state index in [4.69, 9.17) is 4.74 Å². The molecule has 0 bridgehead atoms. The second-order valence-electron chi connectivity index (χ2n) is 6.42. The van der Waals surface area contributed by atoms with E-state index in [0.29, 0.717) is 23.5 Å². The van der Waals surface area contributed by atoms with Gasteiger partial charge in [-0.25, -0.2) is 8.42 Å². The Morgan fingerprint density at radius 3 is 2.64 bits per heavy atom. The molecule has 0 fully saturated rings. The standard InChI is InChI=1S/C19H21NO4S/c1-13-9-16-10-17(24-3)7-8-19(16)20(12-13)25(22,23)18-6-4-5-15(11-18)14(2)21/h4-8,10-11,13H,9,12H2,1-3H3. The molecule has 0 spiro atoms. The molecule has 5 nitrogen and oxygen atoms in total. The second-order valence-corrected chi connectivity index (χ2v) is 8.29. The molecule has 0 aliphatic carbocycles. The van der Waals surface area contributed by atoms with Crippen molar-refractivity contribution < 1.29 is 17.9 Å². The SMILES string of the molecule is COc1ccc2c(c1)CC(C)CN2S(=O)(=O)c1cccc(C(C)=O)c1. The molecule has 1 heterocycles. The summed E-state index contributed by atoms with van der Waals surface area (Å²) in [5.74, 6) is 0.739. The zero-order valence-corrected chi connectivity index (χ0v) is 15.3. The van der Waals surface area contributed by atoms with Gasteiger partial charge in [-0.2, -0.15) is 0 Å². The number of rotatable bonds is 4. The van der Waals surface area contributed by atoms with Crippen molar-refractivity contribution in [3.8, 4) is 5.75 Å². The number of carbonyl (C=O) groups excluding carboxylic acids is 1. The average Bonchev–Trinajstić information content (AvgIpc) is 2.60. The van der Waals surface area contributed by atoms with E-state index in [-0.39, 0.29) is 16.6 Å². The van der Waals surface area contributed by atoms with E-state index in [0.717, 1.165) is 12.0 Å². The fourth-order valence-corrected chi connectivity index (χ4v) is 4.82. The molecule has 6 heteroatoms. The van der Waals surface area contributed by atoms with Crippen LogP contribution < -0.4 is 9.04 Å². The molecule has 0 saturated heterocycles. The van der Waals surface area contributed by atoms with Gasteiger partial charge in [0, 0.05) is 12.1 Å². The number of nitrogens with zero attached hydrogens (tertiary/aromatic N) is 1. The molecule has 0 saturated carbocycles. The van der Waals surface area contributed by atoms with Crippen LogP contribution in [0.25, 0.3) is 0 Å². The van der Waals surface area contributed by atoms with Crippen molar-refractivity contribution in [3.63, 3.8) is 0 Å². The first-order valence-corrected chi connectivity index (χ1v) is 9.57. The molecular formula is C19H21NO4S. The van der Waals surface area contributed by atoms with Gasteiger partial charge in [-0.3, -0.25) is 9.10 Å². The topological polar surface area (TPSA) is 63.7 Å². The van der Waals surface area contributed by atoms with Gasteiger partial charge in [0.15, 0.2) is 5.78 Å². The number of hydrogen-bond donors (Lipinski definition) is 0. The van der Waals surface area contributed by atoms with Crippen LogP contribution in [-0.4, -0.2) is 27.9 Å². The van der Waals surface area contributed by atoms with Crippen molar-refractivity contribution in [2.45, 2.75) is 25.2 Å². The van der Waals surface area contributed by atoms with Crippen LogP contribution in [0.1, 0.15) is 29.8 Å². The number of benzene rings is 2. The van der Waals surface area contributed by atoms with Crippen molar-refractivity contribution in [2.24, 2.45) is 5.92 Å². The summed E-state index contributed by atoms with van der Waals surface area (Å²) in [6, 6.07) is 11.6. The Kier molecular flexibility index (Phi) is 4.56. The molecule has 25 heavy (non-hydrogen) atoms. The molecule has 3 rings (SSSR count). The number of fused-ring (bicyclic) bond motifs is 1. The fraction of sp³-hybridized carbons (Fsp3) is 0.316. The van der Waals surface area contributed by atoms with Crippen molar-refractivity contribution in [1.82, 2.24) is 0 Å². The van der Waals surface area contributed by atoms with Crippen molar-refractivity contribution >= 4 is 21.5 Å². The van der Waals surface area contributed by atoms with E-state index < -0.39 is 10.0 Å². The third-order valence-electron chi connectivity index (χ3n) is 4.43. The second kappa shape index (κ2) is 6.52. The van der Waals surface area contributed by atoms with Crippen LogP contribution in [0.3, 0.4) is 0 Å². The summed E-state index contributed by atoms with van der Waals surface area (Å²) in [5, 5.41) is 0. The molecule has 0 amide bonds. The molecule has 1 aliphatic rings. The molecule has 1 aliphatic heterocycles. The van der Waals surface area contributed by atoms with E-state index in [9.17, 15) is 13.2 Å². The highest BCUT2D eigenvalue weighted by Gasteiger charge is 2.32. The van der Waals surface area contributed by atoms with Crippen LogP contribution in [0.2, 0.25) is 0 Å². The van der Waals surface area contributed by atoms with Gasteiger partial charge in [-0.15, -0.1) is 0 Å². The highest BCUT2D eigenvalue weighted by Crippen LogP contribution is 2.36. The molecule has 2 aromatic rings. The number of carbonyl (C=O) groups is 1. The lowest BCUT2D eigenvalue weighted by Crippen LogP contribution is -2.39. The smallest absolute Gasteiger partial charge is 0.264 e. The van der Waals surface area contributed by atoms with Crippen molar-refractivity contribution in [1.29, 1.82) is 0 Å². The van der Waals surface area contributed by atoms with E-state index in [1.165, 1.54) is 23.4 Å². The van der Waals surface area contributed by atoms with Gasteiger partial charge in [0.1, 0.15) is 5.75 Å². The van der Waals surface area contributed by atoms with Crippen LogP contribution in [0.15, 0.2) is 47.4 Å². The number of ether oxygens (including phenoxy) is 1. The number of anilines is 1. The Hall–Kier alpha value is -2.34. The summed E-state index contributed by atoms with van der Waals surface area (Å²) in [6.07, 6.45) is 0.798. The fourth-order valence-electron chi connectivity index (χ4n) is 3.15. The lowest BCUT2D eigenvalue weighted by Gasteiger charge is -2.34.